The molecular formula is C11H14F3N3S. The van der Waals surface area contributed by atoms with Crippen LogP contribution in [0.4, 0.5) is 19.0 Å². The van der Waals surface area contributed by atoms with E-state index in [-0.39, 0.29) is 23.3 Å². The lowest BCUT2D eigenvalue weighted by molar-refractivity contribution is -0.137. The lowest BCUT2D eigenvalue weighted by Gasteiger charge is -2.24. The average molecular weight is 277 g/mol. The van der Waals surface area contributed by atoms with E-state index in [1.165, 1.54) is 24.2 Å². The monoisotopic (exact) mass is 277 g/mol. The predicted octanol–water partition coefficient (Wildman–Crippen LogP) is 2.46. The van der Waals surface area contributed by atoms with Crippen LogP contribution in [0.5, 0.6) is 0 Å². The minimum absolute atomic E-state index is 0.117. The van der Waals surface area contributed by atoms with Crippen molar-refractivity contribution in [3.05, 3.63) is 23.9 Å². The highest BCUT2D eigenvalue weighted by Crippen LogP contribution is 2.34. The topological polar surface area (TPSA) is 42.2 Å². The Bertz CT molecular complexity index is 434. The van der Waals surface area contributed by atoms with Crippen LogP contribution in [0.3, 0.4) is 0 Å². The number of nitrogens with two attached hydrogens (primary N) is 1. The van der Waals surface area contributed by atoms with Gasteiger partial charge in [-0.2, -0.15) is 13.2 Å². The molecule has 18 heavy (non-hydrogen) atoms. The van der Waals surface area contributed by atoms with Crippen LogP contribution < -0.4 is 10.6 Å². The Balaban J connectivity index is 2.99. The molecule has 0 aliphatic carbocycles. The fraction of sp³-hybridized carbons (Fsp3) is 0.455. The molecule has 1 rings (SSSR count). The van der Waals surface area contributed by atoms with E-state index in [9.17, 15) is 13.2 Å². The van der Waals surface area contributed by atoms with Gasteiger partial charge in [-0.15, -0.1) is 0 Å². The smallest absolute Gasteiger partial charge is 0.393 e. The van der Waals surface area contributed by atoms with Gasteiger partial charge in [0.25, 0.3) is 0 Å². The highest BCUT2D eigenvalue weighted by atomic mass is 32.1. The number of alkyl halides is 3. The van der Waals surface area contributed by atoms with Gasteiger partial charge in [0.15, 0.2) is 0 Å². The number of thiocarbonyl (C=S) groups is 1. The second kappa shape index (κ2) is 5.51. The number of anilines is 1. The first kappa shape index (κ1) is 14.7. The van der Waals surface area contributed by atoms with Crippen molar-refractivity contribution >= 4 is 23.0 Å². The van der Waals surface area contributed by atoms with Gasteiger partial charge in [0.05, 0.1) is 10.6 Å². The van der Waals surface area contributed by atoms with E-state index in [0.29, 0.717) is 0 Å². The van der Waals surface area contributed by atoms with E-state index in [0.717, 1.165) is 6.07 Å². The second-order valence-electron chi connectivity index (χ2n) is 4.06. The van der Waals surface area contributed by atoms with Crippen LogP contribution in [0, 0.1) is 5.92 Å². The molecule has 0 radical (unpaired) electrons. The van der Waals surface area contributed by atoms with E-state index in [1.54, 1.807) is 6.92 Å². The molecule has 2 N–H and O–H groups in total. The van der Waals surface area contributed by atoms with Crippen LogP contribution in [-0.4, -0.2) is 23.6 Å². The molecule has 0 amide bonds. The minimum atomic E-state index is -4.43. The molecule has 1 atom stereocenters. The first-order valence-corrected chi connectivity index (χ1v) is 5.67. The van der Waals surface area contributed by atoms with Crippen LogP contribution in [0.15, 0.2) is 18.3 Å². The van der Waals surface area contributed by atoms with Gasteiger partial charge in [-0.05, 0) is 12.1 Å². The van der Waals surface area contributed by atoms with Crippen molar-refractivity contribution < 1.29 is 13.2 Å². The summed E-state index contributed by atoms with van der Waals surface area (Å²) in [6.07, 6.45) is -3.10. The summed E-state index contributed by atoms with van der Waals surface area (Å²) in [6.45, 7) is 2.05. The van der Waals surface area contributed by atoms with Gasteiger partial charge in [-0.3, -0.25) is 0 Å². The maximum Gasteiger partial charge on any atom is 0.419 e. The summed E-state index contributed by atoms with van der Waals surface area (Å²) < 4.78 is 38.4. The third kappa shape index (κ3) is 3.56. The molecular weight excluding hydrogens is 263 g/mol. The standard InChI is InChI=1S/C11H14F3N3S/c1-7(9(15)18)6-17(2)10-8(11(12,13)14)4-3-5-16-10/h3-5,7H,6H2,1-2H3,(H2,15,18). The highest BCUT2D eigenvalue weighted by Gasteiger charge is 2.35. The molecule has 0 aliphatic rings. The maximum absolute atomic E-state index is 12.8. The maximum atomic E-state index is 12.8. The summed E-state index contributed by atoms with van der Waals surface area (Å²) >= 11 is 4.80. The fourth-order valence-electron chi connectivity index (χ4n) is 1.51. The molecule has 1 aromatic heterocycles. The number of pyridine rings is 1. The van der Waals surface area contributed by atoms with Gasteiger partial charge in [0.2, 0.25) is 0 Å². The van der Waals surface area contributed by atoms with Gasteiger partial charge in [0, 0.05) is 25.7 Å². The molecule has 0 aliphatic heterocycles. The summed E-state index contributed by atoms with van der Waals surface area (Å²) in [6, 6.07) is 2.27. The molecule has 3 nitrogen and oxygen atoms in total. The number of halogens is 3. The summed E-state index contributed by atoms with van der Waals surface area (Å²) in [7, 11) is 1.53. The van der Waals surface area contributed by atoms with Crippen LogP contribution in [0.1, 0.15) is 12.5 Å². The van der Waals surface area contributed by atoms with Crippen LogP contribution >= 0.6 is 12.2 Å². The van der Waals surface area contributed by atoms with Crippen LogP contribution in [0.25, 0.3) is 0 Å². The molecule has 0 fully saturated rings. The number of nitrogens with zero attached hydrogens (tertiary/aromatic N) is 2. The van der Waals surface area contributed by atoms with Crippen LogP contribution in [-0.2, 0) is 6.18 Å². The van der Waals surface area contributed by atoms with Crippen molar-refractivity contribution in [2.45, 2.75) is 13.1 Å². The van der Waals surface area contributed by atoms with E-state index >= 15 is 0 Å². The molecule has 1 heterocycles. The Morgan fingerprint density at radius 2 is 2.17 bits per heavy atom. The Morgan fingerprint density at radius 1 is 1.56 bits per heavy atom. The molecule has 0 aromatic carbocycles. The highest BCUT2D eigenvalue weighted by molar-refractivity contribution is 7.80. The van der Waals surface area contributed by atoms with Crippen molar-refractivity contribution in [2.24, 2.45) is 11.7 Å². The second-order valence-corrected chi connectivity index (χ2v) is 4.53. The molecule has 0 saturated carbocycles. The van der Waals surface area contributed by atoms with Crippen molar-refractivity contribution in [3.63, 3.8) is 0 Å². The zero-order valence-electron chi connectivity index (χ0n) is 10.0. The number of rotatable bonds is 4. The van der Waals surface area contributed by atoms with Crippen molar-refractivity contribution in [3.8, 4) is 0 Å². The molecule has 0 spiro atoms. The normalized spacial score (nSPS) is 13.2. The Morgan fingerprint density at radius 3 is 2.67 bits per heavy atom. The van der Waals surface area contributed by atoms with E-state index in [1.807, 2.05) is 0 Å². The minimum Gasteiger partial charge on any atom is -0.393 e. The van der Waals surface area contributed by atoms with Crippen LogP contribution in [0.2, 0.25) is 0 Å². The molecule has 100 valence electrons. The molecule has 7 heteroatoms. The van der Waals surface area contributed by atoms with Crippen molar-refractivity contribution in [2.75, 3.05) is 18.5 Å². The Labute approximate surface area is 109 Å². The summed E-state index contributed by atoms with van der Waals surface area (Å²) in [5.74, 6) is -0.304. The number of hydrogen-bond donors (Lipinski definition) is 1. The quantitative estimate of drug-likeness (QED) is 0.858. The molecule has 0 saturated heterocycles. The molecule has 0 bridgehead atoms. The number of hydrogen-bond acceptors (Lipinski definition) is 3. The lowest BCUT2D eigenvalue weighted by atomic mass is 10.1. The lowest BCUT2D eigenvalue weighted by Crippen LogP contribution is -2.33. The van der Waals surface area contributed by atoms with Gasteiger partial charge < -0.3 is 10.6 Å². The predicted molar refractivity (Wildman–Crippen MR) is 68.5 cm³/mol. The van der Waals surface area contributed by atoms with E-state index in [4.69, 9.17) is 18.0 Å². The number of aromatic nitrogens is 1. The first-order chi connectivity index (χ1) is 8.23. The first-order valence-electron chi connectivity index (χ1n) is 5.26. The van der Waals surface area contributed by atoms with Gasteiger partial charge in [0.1, 0.15) is 5.82 Å². The Hall–Kier alpha value is -1.37. The van der Waals surface area contributed by atoms with E-state index < -0.39 is 11.7 Å². The third-order valence-electron chi connectivity index (χ3n) is 2.49. The summed E-state index contributed by atoms with van der Waals surface area (Å²) in [5.41, 5.74) is 4.69. The fourth-order valence-corrected chi connectivity index (χ4v) is 1.58. The average Bonchev–Trinajstić information content (AvgIpc) is 2.27. The zero-order valence-corrected chi connectivity index (χ0v) is 10.8. The molecule has 1 unspecified atom stereocenters. The zero-order chi connectivity index (χ0) is 13.9. The van der Waals surface area contributed by atoms with E-state index in [2.05, 4.69) is 4.98 Å². The van der Waals surface area contributed by atoms with Crippen molar-refractivity contribution in [1.82, 2.24) is 4.98 Å². The summed E-state index contributed by atoms with van der Waals surface area (Å²) in [4.78, 5) is 5.46. The van der Waals surface area contributed by atoms with Crippen molar-refractivity contribution in [1.29, 1.82) is 0 Å². The third-order valence-corrected chi connectivity index (χ3v) is 2.89. The Kier molecular flexibility index (Phi) is 4.50. The van der Waals surface area contributed by atoms with Gasteiger partial charge in [-0.1, -0.05) is 19.1 Å². The van der Waals surface area contributed by atoms with Gasteiger partial charge in [-0.25, -0.2) is 4.98 Å². The van der Waals surface area contributed by atoms with Gasteiger partial charge >= 0.3 is 6.18 Å². The summed E-state index contributed by atoms with van der Waals surface area (Å²) in [5, 5.41) is 0. The molecule has 1 aromatic rings. The SMILES string of the molecule is CC(CN(C)c1ncccc1C(F)(F)F)C(N)=S. The largest absolute Gasteiger partial charge is 0.419 e.